The fourth-order valence-electron chi connectivity index (χ4n) is 3.53. The van der Waals surface area contributed by atoms with Gasteiger partial charge in [-0.2, -0.15) is 0 Å². The van der Waals surface area contributed by atoms with Crippen LogP contribution in [-0.2, 0) is 0 Å². The first kappa shape index (κ1) is 14.7. The molecule has 4 heteroatoms. The third kappa shape index (κ3) is 2.42. The van der Waals surface area contributed by atoms with Crippen LogP contribution in [0.4, 0.5) is 0 Å². The minimum atomic E-state index is 0. The predicted octanol–water partition coefficient (Wildman–Crippen LogP) is 4.68. The number of fused-ring (bicyclic) bond motifs is 5. The van der Waals surface area contributed by atoms with Crippen LogP contribution in [0.5, 0.6) is 11.5 Å². The largest absolute Gasteiger partial charge is 0.457 e. The quantitative estimate of drug-likeness (QED) is 0.698. The third-order valence-electron chi connectivity index (χ3n) is 4.41. The van der Waals surface area contributed by atoms with E-state index in [4.69, 9.17) is 16.3 Å². The van der Waals surface area contributed by atoms with Gasteiger partial charge in [0.1, 0.15) is 11.5 Å². The summed E-state index contributed by atoms with van der Waals surface area (Å²) in [4.78, 5) is 2.39. The SMILES string of the molecule is CN1C[C@@H]2c3ccccc3Oc3ccc(Cl)cc3[C@H]2C1.Cl. The second-order valence-corrected chi connectivity index (χ2v) is 6.19. The van der Waals surface area contributed by atoms with E-state index in [1.54, 1.807) is 0 Å². The lowest BCUT2D eigenvalue weighted by Crippen LogP contribution is -2.14. The van der Waals surface area contributed by atoms with Crippen molar-refractivity contribution in [3.8, 4) is 11.5 Å². The second-order valence-electron chi connectivity index (χ2n) is 5.76. The standard InChI is InChI=1S/C17H16ClNO.ClH/c1-19-9-14-12-4-2-3-5-16(12)20-17-7-6-11(18)8-13(17)15(14)10-19;/h2-8,14-15H,9-10H2,1H3;1H/t14-,15-;/m1./s1. The number of nitrogens with zero attached hydrogens (tertiary/aromatic N) is 1. The Balaban J connectivity index is 0.00000132. The van der Waals surface area contributed by atoms with E-state index in [1.165, 1.54) is 11.1 Å². The molecule has 2 atom stereocenters. The van der Waals surface area contributed by atoms with E-state index in [2.05, 4.69) is 36.2 Å². The van der Waals surface area contributed by atoms with Crippen molar-refractivity contribution in [2.75, 3.05) is 20.1 Å². The van der Waals surface area contributed by atoms with Crippen LogP contribution >= 0.6 is 24.0 Å². The number of rotatable bonds is 0. The van der Waals surface area contributed by atoms with Crippen LogP contribution in [0.25, 0.3) is 0 Å². The molecule has 2 aliphatic heterocycles. The fourth-order valence-corrected chi connectivity index (χ4v) is 3.71. The Morgan fingerprint density at radius 1 is 1.00 bits per heavy atom. The highest BCUT2D eigenvalue weighted by molar-refractivity contribution is 6.30. The van der Waals surface area contributed by atoms with Gasteiger partial charge < -0.3 is 9.64 Å². The number of hydrogen-bond acceptors (Lipinski definition) is 2. The van der Waals surface area contributed by atoms with Crippen molar-refractivity contribution in [1.29, 1.82) is 0 Å². The van der Waals surface area contributed by atoms with Crippen LogP contribution in [0.1, 0.15) is 23.0 Å². The van der Waals surface area contributed by atoms with Crippen molar-refractivity contribution in [3.63, 3.8) is 0 Å². The molecule has 21 heavy (non-hydrogen) atoms. The summed E-state index contributed by atoms with van der Waals surface area (Å²) in [5.41, 5.74) is 2.55. The molecule has 0 bridgehead atoms. The summed E-state index contributed by atoms with van der Waals surface area (Å²) in [6, 6.07) is 14.4. The van der Waals surface area contributed by atoms with E-state index in [-0.39, 0.29) is 12.4 Å². The molecule has 2 aromatic carbocycles. The van der Waals surface area contributed by atoms with Crippen LogP contribution in [0.15, 0.2) is 42.5 Å². The van der Waals surface area contributed by atoms with E-state index in [0.717, 1.165) is 29.6 Å². The number of likely N-dealkylation sites (N-methyl/N-ethyl adjacent to an activating group) is 1. The molecule has 1 saturated heterocycles. The number of benzene rings is 2. The molecule has 2 nitrogen and oxygen atoms in total. The molecular formula is C17H17Cl2NO. The first-order valence-electron chi connectivity index (χ1n) is 6.97. The fraction of sp³-hybridized carbons (Fsp3) is 0.294. The smallest absolute Gasteiger partial charge is 0.131 e. The monoisotopic (exact) mass is 321 g/mol. The maximum absolute atomic E-state index is 6.20. The second kappa shape index (κ2) is 5.53. The van der Waals surface area contributed by atoms with E-state index < -0.39 is 0 Å². The number of halogens is 2. The van der Waals surface area contributed by atoms with Crippen LogP contribution in [0.3, 0.4) is 0 Å². The maximum atomic E-state index is 6.20. The van der Waals surface area contributed by atoms with Crippen molar-refractivity contribution >= 4 is 24.0 Å². The molecule has 110 valence electrons. The Morgan fingerprint density at radius 3 is 2.48 bits per heavy atom. The van der Waals surface area contributed by atoms with Crippen LogP contribution < -0.4 is 4.74 Å². The molecule has 2 aromatic rings. The van der Waals surface area contributed by atoms with E-state index in [0.29, 0.717) is 11.8 Å². The highest BCUT2D eigenvalue weighted by Crippen LogP contribution is 2.49. The van der Waals surface area contributed by atoms with Gasteiger partial charge in [0, 0.05) is 35.5 Å². The summed E-state index contributed by atoms with van der Waals surface area (Å²) >= 11 is 6.20. The lowest BCUT2D eigenvalue weighted by atomic mass is 9.84. The molecule has 0 N–H and O–H groups in total. The van der Waals surface area contributed by atoms with Crippen molar-refractivity contribution in [2.45, 2.75) is 11.8 Å². The van der Waals surface area contributed by atoms with Crippen molar-refractivity contribution < 1.29 is 4.74 Å². The van der Waals surface area contributed by atoms with Gasteiger partial charge in [-0.05, 0) is 36.9 Å². The van der Waals surface area contributed by atoms with Gasteiger partial charge in [0.05, 0.1) is 0 Å². The molecule has 4 rings (SSSR count). The molecule has 2 aliphatic rings. The molecule has 0 radical (unpaired) electrons. The Hall–Kier alpha value is -1.22. The van der Waals surface area contributed by atoms with Gasteiger partial charge in [0.15, 0.2) is 0 Å². The molecule has 2 heterocycles. The summed E-state index contributed by atoms with van der Waals surface area (Å²) in [5, 5.41) is 0.784. The molecule has 0 aliphatic carbocycles. The van der Waals surface area contributed by atoms with Gasteiger partial charge >= 0.3 is 0 Å². The number of ether oxygens (including phenoxy) is 1. The number of hydrogen-bond donors (Lipinski definition) is 0. The van der Waals surface area contributed by atoms with Gasteiger partial charge in [0.25, 0.3) is 0 Å². The summed E-state index contributed by atoms with van der Waals surface area (Å²) < 4.78 is 6.15. The summed E-state index contributed by atoms with van der Waals surface area (Å²) in [7, 11) is 2.18. The van der Waals surface area contributed by atoms with Crippen molar-refractivity contribution in [3.05, 3.63) is 58.6 Å². The Morgan fingerprint density at radius 2 is 1.67 bits per heavy atom. The van der Waals surface area contributed by atoms with Crippen molar-refractivity contribution in [2.24, 2.45) is 0 Å². The molecule has 0 unspecified atom stereocenters. The normalized spacial score (nSPS) is 23.1. The van der Waals surface area contributed by atoms with E-state index >= 15 is 0 Å². The zero-order valence-electron chi connectivity index (χ0n) is 11.8. The summed E-state index contributed by atoms with van der Waals surface area (Å²) in [6.07, 6.45) is 0. The topological polar surface area (TPSA) is 12.5 Å². The van der Waals surface area contributed by atoms with E-state index in [1.807, 2.05) is 18.2 Å². The third-order valence-corrected chi connectivity index (χ3v) is 4.65. The average molecular weight is 322 g/mol. The summed E-state index contributed by atoms with van der Waals surface area (Å²) in [5.74, 6) is 2.87. The van der Waals surface area contributed by atoms with Gasteiger partial charge in [-0.1, -0.05) is 29.8 Å². The average Bonchev–Trinajstić information content (AvgIpc) is 2.78. The predicted molar refractivity (Wildman–Crippen MR) is 88.2 cm³/mol. The van der Waals surface area contributed by atoms with Crippen LogP contribution in [-0.4, -0.2) is 25.0 Å². The first-order chi connectivity index (χ1) is 9.72. The summed E-state index contributed by atoms with van der Waals surface area (Å²) in [6.45, 7) is 2.12. The Bertz CT molecular complexity index is 674. The van der Waals surface area contributed by atoms with Gasteiger partial charge in [0.2, 0.25) is 0 Å². The molecule has 0 spiro atoms. The number of likely N-dealkylation sites (tertiary alicyclic amines) is 1. The van der Waals surface area contributed by atoms with Crippen LogP contribution in [0, 0.1) is 0 Å². The molecule has 0 saturated carbocycles. The minimum Gasteiger partial charge on any atom is -0.457 e. The lowest BCUT2D eigenvalue weighted by Gasteiger charge is -2.17. The van der Waals surface area contributed by atoms with Gasteiger partial charge in [-0.25, -0.2) is 0 Å². The van der Waals surface area contributed by atoms with Crippen molar-refractivity contribution in [1.82, 2.24) is 4.90 Å². The minimum absolute atomic E-state index is 0. The van der Waals surface area contributed by atoms with E-state index in [9.17, 15) is 0 Å². The first-order valence-corrected chi connectivity index (χ1v) is 7.35. The molecular weight excluding hydrogens is 305 g/mol. The zero-order chi connectivity index (χ0) is 13.7. The molecule has 1 fully saturated rings. The number of para-hydroxylation sites is 1. The molecule has 0 amide bonds. The maximum Gasteiger partial charge on any atom is 0.131 e. The Labute approximate surface area is 136 Å². The zero-order valence-corrected chi connectivity index (χ0v) is 13.3. The molecule has 0 aromatic heterocycles. The lowest BCUT2D eigenvalue weighted by molar-refractivity contribution is 0.401. The van der Waals surface area contributed by atoms with Crippen LogP contribution in [0.2, 0.25) is 5.02 Å². The van der Waals surface area contributed by atoms with Gasteiger partial charge in [-0.15, -0.1) is 12.4 Å². The Kier molecular flexibility index (Phi) is 3.87. The highest BCUT2D eigenvalue weighted by Gasteiger charge is 2.38. The highest BCUT2D eigenvalue weighted by atomic mass is 35.5. The van der Waals surface area contributed by atoms with Gasteiger partial charge in [-0.3, -0.25) is 0 Å².